The van der Waals surface area contributed by atoms with Gasteiger partial charge in [-0.1, -0.05) is 6.42 Å². The van der Waals surface area contributed by atoms with Gasteiger partial charge in [0, 0.05) is 6.04 Å². The fourth-order valence-electron chi connectivity index (χ4n) is 2.40. The van der Waals surface area contributed by atoms with Gasteiger partial charge >= 0.3 is 12.4 Å². The summed E-state index contributed by atoms with van der Waals surface area (Å²) in [6.45, 7) is 0.512. The number of nitrogens with one attached hydrogen (secondary N) is 1. The molecule has 0 amide bonds. The van der Waals surface area contributed by atoms with E-state index in [0.29, 0.717) is 37.6 Å². The van der Waals surface area contributed by atoms with Crippen LogP contribution in [0.25, 0.3) is 0 Å². The zero-order chi connectivity index (χ0) is 15.0. The Morgan fingerprint density at radius 1 is 0.950 bits per heavy atom. The Balaban J connectivity index is 2.48. The number of hydrogen-bond donors (Lipinski definition) is 1. The summed E-state index contributed by atoms with van der Waals surface area (Å²) in [4.78, 5) is 0. The second-order valence-corrected chi connectivity index (χ2v) is 4.80. The molecule has 0 saturated carbocycles. The molecule has 20 heavy (non-hydrogen) atoms. The molecule has 1 aliphatic rings. The molecule has 0 aliphatic carbocycles. The van der Waals surface area contributed by atoms with Crippen molar-refractivity contribution in [1.29, 1.82) is 0 Å². The van der Waals surface area contributed by atoms with E-state index in [9.17, 15) is 26.3 Å². The van der Waals surface area contributed by atoms with E-state index in [1.807, 2.05) is 0 Å². The van der Waals surface area contributed by atoms with Crippen LogP contribution in [0.1, 0.15) is 42.0 Å². The van der Waals surface area contributed by atoms with E-state index in [4.69, 9.17) is 0 Å². The summed E-state index contributed by atoms with van der Waals surface area (Å²) in [6.07, 6.45) is -7.38. The lowest BCUT2D eigenvalue weighted by atomic mass is 9.91. The van der Waals surface area contributed by atoms with Crippen LogP contribution in [0, 0.1) is 0 Å². The van der Waals surface area contributed by atoms with Crippen molar-refractivity contribution in [1.82, 2.24) is 5.32 Å². The van der Waals surface area contributed by atoms with Crippen molar-refractivity contribution in [3.05, 3.63) is 34.9 Å². The van der Waals surface area contributed by atoms with Gasteiger partial charge in [0.05, 0.1) is 11.1 Å². The molecule has 0 radical (unpaired) electrons. The minimum Gasteiger partial charge on any atom is -0.310 e. The van der Waals surface area contributed by atoms with Gasteiger partial charge in [0.1, 0.15) is 0 Å². The maximum atomic E-state index is 12.9. The quantitative estimate of drug-likeness (QED) is 0.750. The van der Waals surface area contributed by atoms with Gasteiger partial charge in [0.15, 0.2) is 0 Å². The number of piperidine rings is 1. The van der Waals surface area contributed by atoms with Crippen LogP contribution in [0.4, 0.5) is 26.3 Å². The summed E-state index contributed by atoms with van der Waals surface area (Å²) in [7, 11) is 0. The molecule has 0 bridgehead atoms. The fraction of sp³-hybridized carbons (Fsp3) is 0.538. The summed E-state index contributed by atoms with van der Waals surface area (Å²) >= 11 is 0. The van der Waals surface area contributed by atoms with E-state index in [-0.39, 0.29) is 5.56 Å². The Morgan fingerprint density at radius 2 is 1.65 bits per heavy atom. The highest BCUT2D eigenvalue weighted by Gasteiger charge is 2.38. The van der Waals surface area contributed by atoms with Crippen molar-refractivity contribution in [2.75, 3.05) is 6.54 Å². The number of rotatable bonds is 1. The minimum absolute atomic E-state index is 0.313. The largest absolute Gasteiger partial charge is 0.416 e. The molecule has 2 rings (SSSR count). The van der Waals surface area contributed by atoms with Crippen LogP contribution < -0.4 is 5.32 Å². The van der Waals surface area contributed by atoms with Gasteiger partial charge in [0.25, 0.3) is 0 Å². The average molecular weight is 297 g/mol. The smallest absolute Gasteiger partial charge is 0.310 e. The van der Waals surface area contributed by atoms with Crippen LogP contribution in [-0.4, -0.2) is 6.54 Å². The van der Waals surface area contributed by atoms with E-state index in [1.54, 1.807) is 0 Å². The first-order chi connectivity index (χ1) is 9.19. The topological polar surface area (TPSA) is 12.0 Å². The van der Waals surface area contributed by atoms with E-state index in [2.05, 4.69) is 5.32 Å². The first-order valence-electron chi connectivity index (χ1n) is 6.21. The van der Waals surface area contributed by atoms with Gasteiger partial charge in [-0.25, -0.2) is 0 Å². The highest BCUT2D eigenvalue weighted by atomic mass is 19.4. The monoisotopic (exact) mass is 297 g/mol. The molecule has 1 atom stereocenters. The highest BCUT2D eigenvalue weighted by molar-refractivity contribution is 5.37. The zero-order valence-corrected chi connectivity index (χ0v) is 10.4. The third-order valence-electron chi connectivity index (χ3n) is 3.37. The van der Waals surface area contributed by atoms with Crippen molar-refractivity contribution >= 4 is 0 Å². The summed E-state index contributed by atoms with van der Waals surface area (Å²) in [5.74, 6) is 0. The van der Waals surface area contributed by atoms with E-state index in [1.165, 1.54) is 0 Å². The van der Waals surface area contributed by atoms with Crippen molar-refractivity contribution in [3.8, 4) is 0 Å². The van der Waals surface area contributed by atoms with Crippen molar-refractivity contribution in [3.63, 3.8) is 0 Å². The van der Waals surface area contributed by atoms with Gasteiger partial charge < -0.3 is 5.32 Å². The Hall–Kier alpha value is -1.24. The molecule has 1 aromatic rings. The SMILES string of the molecule is FC(F)(F)c1ccc(C(F)(F)F)c([C@H]2CCCCN2)c1. The average Bonchev–Trinajstić information content (AvgIpc) is 2.37. The number of benzene rings is 1. The maximum Gasteiger partial charge on any atom is 0.416 e. The van der Waals surface area contributed by atoms with E-state index in [0.717, 1.165) is 6.42 Å². The van der Waals surface area contributed by atoms with Crippen LogP contribution in [0.3, 0.4) is 0 Å². The maximum absolute atomic E-state index is 12.9. The van der Waals surface area contributed by atoms with Gasteiger partial charge in [-0.3, -0.25) is 0 Å². The molecule has 1 saturated heterocycles. The summed E-state index contributed by atoms with van der Waals surface area (Å²) < 4.78 is 76.8. The second-order valence-electron chi connectivity index (χ2n) is 4.80. The molecule has 0 aromatic heterocycles. The van der Waals surface area contributed by atoms with Gasteiger partial charge in [-0.15, -0.1) is 0 Å². The van der Waals surface area contributed by atoms with Crippen LogP contribution in [0.5, 0.6) is 0 Å². The van der Waals surface area contributed by atoms with Crippen LogP contribution in [0.15, 0.2) is 18.2 Å². The zero-order valence-electron chi connectivity index (χ0n) is 10.4. The molecule has 7 heteroatoms. The molecule has 1 aromatic carbocycles. The molecule has 1 nitrogen and oxygen atoms in total. The standard InChI is InChI=1S/C13H13F6N/c14-12(15,16)8-4-5-10(13(17,18)19)9(7-8)11-3-1-2-6-20-11/h4-5,7,11,20H,1-3,6H2/t11-/m1/s1. The third kappa shape index (κ3) is 3.26. The molecule has 0 unspecified atom stereocenters. The second kappa shape index (κ2) is 5.27. The predicted octanol–water partition coefficient (Wildman–Crippen LogP) is 4.54. The van der Waals surface area contributed by atoms with Crippen LogP contribution in [0.2, 0.25) is 0 Å². The van der Waals surface area contributed by atoms with Gasteiger partial charge in [-0.2, -0.15) is 26.3 Å². The summed E-state index contributed by atoms with van der Waals surface area (Å²) in [5, 5.41) is 2.86. The number of hydrogen-bond acceptors (Lipinski definition) is 1. The molecule has 1 fully saturated rings. The van der Waals surface area contributed by atoms with E-state index >= 15 is 0 Å². The van der Waals surface area contributed by atoms with Crippen LogP contribution in [-0.2, 0) is 12.4 Å². The molecule has 1 N–H and O–H groups in total. The molecule has 0 spiro atoms. The Morgan fingerprint density at radius 3 is 2.15 bits per heavy atom. The predicted molar refractivity (Wildman–Crippen MR) is 61.0 cm³/mol. The molecule has 1 heterocycles. The Kier molecular flexibility index (Phi) is 4.00. The lowest BCUT2D eigenvalue weighted by Gasteiger charge is -2.27. The number of alkyl halides is 6. The number of halogens is 6. The first kappa shape index (κ1) is 15.2. The Bertz CT molecular complexity index is 471. The highest BCUT2D eigenvalue weighted by Crippen LogP contribution is 2.40. The minimum atomic E-state index is -4.65. The van der Waals surface area contributed by atoms with Gasteiger partial charge in [0.2, 0.25) is 0 Å². The van der Waals surface area contributed by atoms with Crippen molar-refractivity contribution in [2.45, 2.75) is 37.7 Å². The molecular formula is C13H13F6N. The van der Waals surface area contributed by atoms with Crippen molar-refractivity contribution < 1.29 is 26.3 Å². The molecular weight excluding hydrogens is 284 g/mol. The molecule has 1 aliphatic heterocycles. The lowest BCUT2D eigenvalue weighted by Crippen LogP contribution is -2.29. The summed E-state index contributed by atoms with van der Waals surface area (Å²) in [6, 6.07) is 0.942. The Labute approximate surface area is 112 Å². The third-order valence-corrected chi connectivity index (χ3v) is 3.37. The van der Waals surface area contributed by atoms with Gasteiger partial charge in [-0.05, 0) is 43.1 Å². The first-order valence-corrected chi connectivity index (χ1v) is 6.21. The molecule has 112 valence electrons. The normalized spacial score (nSPS) is 21.0. The summed E-state index contributed by atoms with van der Waals surface area (Å²) in [5.41, 5.74) is -2.36. The fourth-order valence-corrected chi connectivity index (χ4v) is 2.40. The lowest BCUT2D eigenvalue weighted by molar-refractivity contribution is -0.142. The van der Waals surface area contributed by atoms with Crippen molar-refractivity contribution in [2.24, 2.45) is 0 Å². The van der Waals surface area contributed by atoms with E-state index < -0.39 is 29.5 Å². The van der Waals surface area contributed by atoms with Crippen LogP contribution >= 0.6 is 0 Å².